The molecule has 1 saturated heterocycles. The Bertz CT molecular complexity index is 721. The van der Waals surface area contributed by atoms with Crippen LogP contribution in [0, 0.1) is 19.7 Å². The van der Waals surface area contributed by atoms with Crippen LogP contribution < -0.4 is 5.32 Å². The molecule has 1 fully saturated rings. The van der Waals surface area contributed by atoms with E-state index in [1.807, 2.05) is 0 Å². The number of rotatable bonds is 3. The summed E-state index contributed by atoms with van der Waals surface area (Å²) in [6, 6.07) is 4.91. The van der Waals surface area contributed by atoms with E-state index in [-0.39, 0.29) is 23.5 Å². The Morgan fingerprint density at radius 3 is 2.74 bits per heavy atom. The summed E-state index contributed by atoms with van der Waals surface area (Å²) in [5.74, 6) is -0.162. The highest BCUT2D eigenvalue weighted by Gasteiger charge is 2.23. The molecule has 2 aromatic rings. The minimum Gasteiger partial charge on any atom is -0.381 e. The van der Waals surface area contributed by atoms with Crippen molar-refractivity contribution >= 4 is 5.91 Å². The van der Waals surface area contributed by atoms with E-state index in [4.69, 9.17) is 9.26 Å². The first kappa shape index (κ1) is 15.7. The van der Waals surface area contributed by atoms with Gasteiger partial charge in [0.05, 0.1) is 0 Å². The van der Waals surface area contributed by atoms with Gasteiger partial charge in [-0.1, -0.05) is 17.3 Å². The average Bonchev–Trinajstić information content (AvgIpc) is 2.93. The van der Waals surface area contributed by atoms with E-state index >= 15 is 0 Å². The van der Waals surface area contributed by atoms with Gasteiger partial charge in [0.1, 0.15) is 5.82 Å². The smallest absolute Gasteiger partial charge is 0.273 e. The Labute approximate surface area is 133 Å². The van der Waals surface area contributed by atoms with Gasteiger partial charge in [0, 0.05) is 30.4 Å². The molecule has 0 aliphatic carbocycles. The Morgan fingerprint density at radius 1 is 1.30 bits per heavy atom. The molecule has 5 nitrogen and oxygen atoms in total. The van der Waals surface area contributed by atoms with Crippen molar-refractivity contribution in [2.75, 3.05) is 13.2 Å². The molecule has 0 radical (unpaired) electrons. The van der Waals surface area contributed by atoms with Crippen molar-refractivity contribution in [1.29, 1.82) is 0 Å². The fraction of sp³-hybridized carbons (Fsp3) is 0.412. The second kappa shape index (κ2) is 6.50. The maximum Gasteiger partial charge on any atom is 0.273 e. The Morgan fingerprint density at radius 2 is 2.04 bits per heavy atom. The first-order valence-corrected chi connectivity index (χ1v) is 7.67. The highest BCUT2D eigenvalue weighted by molar-refractivity contribution is 5.95. The highest BCUT2D eigenvalue weighted by Crippen LogP contribution is 2.27. The lowest BCUT2D eigenvalue weighted by molar-refractivity contribution is 0.0692. The molecule has 0 spiro atoms. The number of ether oxygens (including phenoxy) is 1. The molecule has 0 saturated carbocycles. The minimum atomic E-state index is -0.313. The summed E-state index contributed by atoms with van der Waals surface area (Å²) < 4.78 is 24.3. The van der Waals surface area contributed by atoms with Crippen molar-refractivity contribution in [2.24, 2.45) is 0 Å². The summed E-state index contributed by atoms with van der Waals surface area (Å²) in [6.45, 7) is 4.74. The molecule has 122 valence electrons. The number of carbonyl (C=O) groups is 1. The van der Waals surface area contributed by atoms with Crippen LogP contribution in [0.1, 0.15) is 34.5 Å². The molecule has 6 heteroatoms. The predicted molar refractivity (Wildman–Crippen MR) is 82.7 cm³/mol. The van der Waals surface area contributed by atoms with Gasteiger partial charge in [-0.3, -0.25) is 4.79 Å². The molecule has 1 amide bonds. The van der Waals surface area contributed by atoms with Crippen LogP contribution in [0.2, 0.25) is 0 Å². The molecule has 0 atom stereocenters. The molecule has 3 rings (SSSR count). The molecule has 23 heavy (non-hydrogen) atoms. The van der Waals surface area contributed by atoms with Crippen molar-refractivity contribution in [3.8, 4) is 11.3 Å². The summed E-state index contributed by atoms with van der Waals surface area (Å²) in [6.07, 6.45) is 1.58. The quantitative estimate of drug-likeness (QED) is 0.945. The van der Waals surface area contributed by atoms with Crippen LogP contribution in [-0.2, 0) is 4.74 Å². The third kappa shape index (κ3) is 3.27. The maximum atomic E-state index is 13.7. The number of aromatic nitrogens is 1. The summed E-state index contributed by atoms with van der Waals surface area (Å²) in [4.78, 5) is 12.4. The van der Waals surface area contributed by atoms with E-state index in [1.54, 1.807) is 26.0 Å². The van der Waals surface area contributed by atoms with Gasteiger partial charge < -0.3 is 14.6 Å². The zero-order valence-electron chi connectivity index (χ0n) is 13.2. The van der Waals surface area contributed by atoms with Gasteiger partial charge in [-0.15, -0.1) is 0 Å². The van der Waals surface area contributed by atoms with Crippen molar-refractivity contribution in [3.63, 3.8) is 0 Å². The lowest BCUT2D eigenvalue weighted by Gasteiger charge is -2.22. The molecule has 1 aliphatic heterocycles. The molecule has 1 N–H and O–H groups in total. The van der Waals surface area contributed by atoms with Gasteiger partial charge in [0.2, 0.25) is 0 Å². The molecule has 1 aromatic heterocycles. The Hall–Kier alpha value is -2.21. The van der Waals surface area contributed by atoms with Crippen LogP contribution in [0.5, 0.6) is 0 Å². The summed E-state index contributed by atoms with van der Waals surface area (Å²) >= 11 is 0. The first-order chi connectivity index (χ1) is 11.1. The van der Waals surface area contributed by atoms with Crippen LogP contribution >= 0.6 is 0 Å². The molecule has 1 aromatic carbocycles. The Kier molecular flexibility index (Phi) is 4.43. The van der Waals surface area contributed by atoms with Gasteiger partial charge in [0.25, 0.3) is 5.91 Å². The van der Waals surface area contributed by atoms with E-state index in [9.17, 15) is 9.18 Å². The molecule has 1 aliphatic rings. The average molecular weight is 318 g/mol. The molecular weight excluding hydrogens is 299 g/mol. The number of nitrogens with one attached hydrogen (secondary N) is 1. The van der Waals surface area contributed by atoms with Gasteiger partial charge in [-0.25, -0.2) is 4.39 Å². The lowest BCUT2D eigenvalue weighted by Crippen LogP contribution is -2.39. The number of benzene rings is 1. The zero-order valence-corrected chi connectivity index (χ0v) is 13.2. The fourth-order valence-corrected chi connectivity index (χ4v) is 2.65. The van der Waals surface area contributed by atoms with E-state index in [2.05, 4.69) is 10.5 Å². The van der Waals surface area contributed by atoms with Crippen LogP contribution in [0.25, 0.3) is 11.3 Å². The van der Waals surface area contributed by atoms with Crippen LogP contribution in [-0.4, -0.2) is 30.3 Å². The number of amides is 1. The summed E-state index contributed by atoms with van der Waals surface area (Å²) in [5, 5.41) is 6.81. The second-order valence-corrected chi connectivity index (χ2v) is 5.81. The monoisotopic (exact) mass is 318 g/mol. The zero-order chi connectivity index (χ0) is 16.4. The number of hydrogen-bond acceptors (Lipinski definition) is 4. The Balaban J connectivity index is 1.80. The molecular formula is C17H19FN2O3. The second-order valence-electron chi connectivity index (χ2n) is 5.81. The fourth-order valence-electron chi connectivity index (χ4n) is 2.65. The van der Waals surface area contributed by atoms with Crippen molar-refractivity contribution in [2.45, 2.75) is 32.7 Å². The topological polar surface area (TPSA) is 64.4 Å². The summed E-state index contributed by atoms with van der Waals surface area (Å²) in [7, 11) is 0. The van der Waals surface area contributed by atoms with Gasteiger partial charge in [-0.05, 0) is 38.3 Å². The van der Waals surface area contributed by atoms with Gasteiger partial charge in [-0.2, -0.15) is 0 Å². The molecule has 2 heterocycles. The van der Waals surface area contributed by atoms with Gasteiger partial charge in [0.15, 0.2) is 11.5 Å². The number of carbonyl (C=O) groups excluding carboxylic acids is 1. The lowest BCUT2D eigenvalue weighted by atomic mass is 10.0. The first-order valence-electron chi connectivity index (χ1n) is 7.67. The van der Waals surface area contributed by atoms with Crippen molar-refractivity contribution in [3.05, 3.63) is 40.8 Å². The van der Waals surface area contributed by atoms with Gasteiger partial charge >= 0.3 is 0 Å². The molecule has 0 unspecified atom stereocenters. The van der Waals surface area contributed by atoms with E-state index in [0.717, 1.165) is 12.8 Å². The molecule has 0 bridgehead atoms. The van der Waals surface area contributed by atoms with Crippen LogP contribution in [0.3, 0.4) is 0 Å². The number of aryl methyl sites for hydroxylation is 1. The standard InChI is InChI=1S/C17H19FN2O3/c1-10-3-4-12(9-14(10)18)16-11(2)15(20-23-16)17(21)19-13-5-7-22-8-6-13/h3-4,9,13H,5-8H2,1-2H3,(H,19,21). The highest BCUT2D eigenvalue weighted by atomic mass is 19.1. The normalized spacial score (nSPS) is 15.6. The van der Waals surface area contributed by atoms with E-state index < -0.39 is 0 Å². The third-order valence-electron chi connectivity index (χ3n) is 4.13. The van der Waals surface area contributed by atoms with Crippen LogP contribution in [0.15, 0.2) is 22.7 Å². The third-order valence-corrected chi connectivity index (χ3v) is 4.13. The predicted octanol–water partition coefficient (Wildman–Crippen LogP) is 3.01. The van der Waals surface area contributed by atoms with Crippen LogP contribution in [0.4, 0.5) is 4.39 Å². The summed E-state index contributed by atoms with van der Waals surface area (Å²) in [5.41, 5.74) is 1.98. The van der Waals surface area contributed by atoms with E-state index in [1.165, 1.54) is 6.07 Å². The number of nitrogens with zero attached hydrogens (tertiary/aromatic N) is 1. The van der Waals surface area contributed by atoms with Crippen molar-refractivity contribution < 1.29 is 18.4 Å². The number of hydrogen-bond donors (Lipinski definition) is 1. The SMILES string of the molecule is Cc1ccc(-c2onc(C(=O)NC3CCOCC3)c2C)cc1F. The largest absolute Gasteiger partial charge is 0.381 e. The minimum absolute atomic E-state index is 0.0904. The maximum absolute atomic E-state index is 13.7. The van der Waals surface area contributed by atoms with Crippen molar-refractivity contribution in [1.82, 2.24) is 10.5 Å². The van der Waals surface area contributed by atoms with E-state index in [0.29, 0.717) is 35.7 Å². The number of halogens is 1.